The summed E-state index contributed by atoms with van der Waals surface area (Å²) in [5.74, 6) is 1.75. The van der Waals surface area contributed by atoms with E-state index in [1.807, 2.05) is 44.2 Å². The van der Waals surface area contributed by atoms with Gasteiger partial charge in [-0.05, 0) is 43.7 Å². The van der Waals surface area contributed by atoms with Crippen LogP contribution in [0.2, 0.25) is 10.0 Å². The lowest BCUT2D eigenvalue weighted by Gasteiger charge is -2.17. The molecule has 4 aromatic rings. The molecule has 2 aromatic carbocycles. The minimum atomic E-state index is -0.303. The third-order valence-electron chi connectivity index (χ3n) is 5.86. The largest absolute Gasteiger partial charge is 0.495 e. The zero-order chi connectivity index (χ0) is 27.4. The van der Waals surface area contributed by atoms with Gasteiger partial charge in [0.05, 0.1) is 41.3 Å². The maximum atomic E-state index is 11.9. The summed E-state index contributed by atoms with van der Waals surface area (Å²) in [6.45, 7) is 8.09. The number of amides is 1. The quantitative estimate of drug-likeness (QED) is 0.189. The lowest BCUT2D eigenvalue weighted by Crippen LogP contribution is -2.10. The van der Waals surface area contributed by atoms with Crippen molar-refractivity contribution in [3.05, 3.63) is 70.9 Å². The minimum Gasteiger partial charge on any atom is -0.495 e. The SMILES string of the molecule is C=CC(=O)Nc1cccc(C)c1Nc1cc2c(NCC)nc(-c3c(Cl)c(OC)cc(OC)c3Cl)cc2cn1. The average molecular weight is 552 g/mol. The second-order valence-electron chi connectivity index (χ2n) is 8.28. The fourth-order valence-electron chi connectivity index (χ4n) is 4.01. The van der Waals surface area contributed by atoms with Crippen LogP contribution in [0, 0.1) is 6.92 Å². The number of methoxy groups -OCH3 is 2. The number of hydrogen-bond acceptors (Lipinski definition) is 7. The fraction of sp³-hybridized carbons (Fsp3) is 0.179. The number of carbonyl (C=O) groups excluding carboxylic acids is 1. The van der Waals surface area contributed by atoms with E-state index in [1.165, 1.54) is 20.3 Å². The highest BCUT2D eigenvalue weighted by Crippen LogP contribution is 2.46. The van der Waals surface area contributed by atoms with Crippen LogP contribution in [0.4, 0.5) is 23.0 Å². The van der Waals surface area contributed by atoms with E-state index in [0.29, 0.717) is 56.7 Å². The number of nitrogens with zero attached hydrogens (tertiary/aromatic N) is 2. The van der Waals surface area contributed by atoms with E-state index in [1.54, 1.807) is 12.3 Å². The van der Waals surface area contributed by atoms with Crippen LogP contribution in [-0.4, -0.2) is 36.6 Å². The molecular weight excluding hydrogens is 525 g/mol. The predicted octanol–water partition coefficient (Wildman–Crippen LogP) is 7.23. The number of halogens is 2. The maximum absolute atomic E-state index is 11.9. The molecule has 3 N–H and O–H groups in total. The zero-order valence-electron chi connectivity index (χ0n) is 21.4. The lowest BCUT2D eigenvalue weighted by molar-refractivity contribution is -0.111. The molecule has 0 saturated heterocycles. The van der Waals surface area contributed by atoms with E-state index in [4.69, 9.17) is 37.7 Å². The first-order valence-corrected chi connectivity index (χ1v) is 12.5. The molecule has 0 fully saturated rings. The van der Waals surface area contributed by atoms with Gasteiger partial charge in [0.15, 0.2) is 0 Å². The van der Waals surface area contributed by atoms with Crippen LogP contribution in [0.3, 0.4) is 0 Å². The minimum absolute atomic E-state index is 0.303. The highest BCUT2D eigenvalue weighted by Gasteiger charge is 2.21. The summed E-state index contributed by atoms with van der Waals surface area (Å²) in [5, 5.41) is 11.8. The summed E-state index contributed by atoms with van der Waals surface area (Å²) in [5.41, 5.74) is 3.32. The van der Waals surface area contributed by atoms with Crippen molar-refractivity contribution >= 4 is 62.9 Å². The van der Waals surface area contributed by atoms with Gasteiger partial charge in [0.25, 0.3) is 0 Å². The maximum Gasteiger partial charge on any atom is 0.247 e. The zero-order valence-corrected chi connectivity index (χ0v) is 22.9. The third kappa shape index (κ3) is 5.32. The van der Waals surface area contributed by atoms with Crippen molar-refractivity contribution in [3.8, 4) is 22.8 Å². The number of para-hydroxylation sites is 1. The van der Waals surface area contributed by atoms with E-state index in [9.17, 15) is 4.79 Å². The van der Waals surface area contributed by atoms with Crippen molar-refractivity contribution in [2.75, 3.05) is 36.7 Å². The van der Waals surface area contributed by atoms with Crippen LogP contribution < -0.4 is 25.4 Å². The molecule has 0 atom stereocenters. The molecule has 0 spiro atoms. The van der Waals surface area contributed by atoms with Gasteiger partial charge in [0, 0.05) is 35.1 Å². The summed E-state index contributed by atoms with van der Waals surface area (Å²) in [6, 6.07) is 11.0. The summed E-state index contributed by atoms with van der Waals surface area (Å²) in [4.78, 5) is 21.4. The third-order valence-corrected chi connectivity index (χ3v) is 6.61. The number of benzene rings is 2. The molecule has 196 valence electrons. The van der Waals surface area contributed by atoms with Crippen molar-refractivity contribution in [2.45, 2.75) is 13.8 Å². The topological polar surface area (TPSA) is 97.4 Å². The number of aryl methyl sites for hydroxylation is 1. The molecule has 4 rings (SSSR count). The lowest BCUT2D eigenvalue weighted by atomic mass is 10.1. The highest BCUT2D eigenvalue weighted by atomic mass is 35.5. The van der Waals surface area contributed by atoms with E-state index in [0.717, 1.165) is 22.0 Å². The van der Waals surface area contributed by atoms with Crippen molar-refractivity contribution < 1.29 is 14.3 Å². The molecule has 2 aromatic heterocycles. The molecule has 0 aliphatic rings. The second kappa shape index (κ2) is 11.6. The van der Waals surface area contributed by atoms with Gasteiger partial charge in [0.1, 0.15) is 23.1 Å². The van der Waals surface area contributed by atoms with Crippen LogP contribution in [0.1, 0.15) is 12.5 Å². The fourth-order valence-corrected chi connectivity index (χ4v) is 4.70. The van der Waals surface area contributed by atoms with Crippen molar-refractivity contribution in [1.29, 1.82) is 0 Å². The summed E-state index contributed by atoms with van der Waals surface area (Å²) in [6.07, 6.45) is 2.96. The number of nitrogens with one attached hydrogen (secondary N) is 3. The number of hydrogen-bond donors (Lipinski definition) is 3. The molecule has 0 unspecified atom stereocenters. The molecule has 0 bridgehead atoms. The molecule has 38 heavy (non-hydrogen) atoms. The van der Waals surface area contributed by atoms with E-state index < -0.39 is 0 Å². The van der Waals surface area contributed by atoms with E-state index in [2.05, 4.69) is 27.5 Å². The van der Waals surface area contributed by atoms with Crippen LogP contribution in [0.5, 0.6) is 11.5 Å². The molecule has 0 aliphatic carbocycles. The number of anilines is 4. The van der Waals surface area contributed by atoms with Gasteiger partial charge in [-0.2, -0.15) is 0 Å². The Morgan fingerprint density at radius 3 is 2.45 bits per heavy atom. The summed E-state index contributed by atoms with van der Waals surface area (Å²) < 4.78 is 10.9. The Balaban J connectivity index is 1.83. The summed E-state index contributed by atoms with van der Waals surface area (Å²) in [7, 11) is 3.05. The Morgan fingerprint density at radius 1 is 1.11 bits per heavy atom. The Labute approximate surface area is 231 Å². The van der Waals surface area contributed by atoms with Gasteiger partial charge in [-0.15, -0.1) is 0 Å². The average Bonchev–Trinajstić information content (AvgIpc) is 2.91. The van der Waals surface area contributed by atoms with Crippen molar-refractivity contribution in [1.82, 2.24) is 9.97 Å². The number of fused-ring (bicyclic) bond motifs is 1. The number of aromatic nitrogens is 2. The van der Waals surface area contributed by atoms with Gasteiger partial charge < -0.3 is 25.4 Å². The summed E-state index contributed by atoms with van der Waals surface area (Å²) >= 11 is 13.3. The second-order valence-corrected chi connectivity index (χ2v) is 9.03. The number of pyridine rings is 2. The molecule has 10 heteroatoms. The molecular formula is C28H27Cl2N5O3. The van der Waals surface area contributed by atoms with Crippen LogP contribution in [0.15, 0.2) is 55.3 Å². The standard InChI is InChI=1S/C28H27Cl2N5O3/c1-6-23(36)33-18-10-8-9-15(3)27(18)35-22-12-17-16(14-32-22)11-19(34-28(17)31-7-2)24-25(29)20(37-4)13-21(38-5)26(24)30/h6,8-14H,1,7H2,2-5H3,(H,31,34)(H,32,35)(H,33,36). The van der Waals surface area contributed by atoms with E-state index >= 15 is 0 Å². The smallest absolute Gasteiger partial charge is 0.247 e. The molecule has 2 heterocycles. The van der Waals surface area contributed by atoms with Gasteiger partial charge >= 0.3 is 0 Å². The monoisotopic (exact) mass is 551 g/mol. The molecule has 0 radical (unpaired) electrons. The number of carbonyl (C=O) groups is 1. The van der Waals surface area contributed by atoms with Crippen molar-refractivity contribution in [2.24, 2.45) is 0 Å². The molecule has 1 amide bonds. The highest BCUT2D eigenvalue weighted by molar-refractivity contribution is 6.41. The number of rotatable bonds is 9. The molecule has 0 aliphatic heterocycles. The van der Waals surface area contributed by atoms with Crippen LogP contribution in [-0.2, 0) is 4.79 Å². The van der Waals surface area contributed by atoms with Gasteiger partial charge in [0.2, 0.25) is 5.91 Å². The Morgan fingerprint density at radius 2 is 1.82 bits per heavy atom. The van der Waals surface area contributed by atoms with Gasteiger partial charge in [-0.3, -0.25) is 4.79 Å². The van der Waals surface area contributed by atoms with Crippen molar-refractivity contribution in [3.63, 3.8) is 0 Å². The van der Waals surface area contributed by atoms with Gasteiger partial charge in [-0.25, -0.2) is 9.97 Å². The van der Waals surface area contributed by atoms with Crippen LogP contribution >= 0.6 is 23.2 Å². The first-order valence-electron chi connectivity index (χ1n) is 11.8. The Kier molecular flexibility index (Phi) is 8.24. The normalized spacial score (nSPS) is 10.7. The first kappa shape index (κ1) is 27.0. The van der Waals surface area contributed by atoms with E-state index in [-0.39, 0.29) is 5.91 Å². The van der Waals surface area contributed by atoms with Crippen LogP contribution in [0.25, 0.3) is 22.0 Å². The predicted molar refractivity (Wildman–Crippen MR) is 156 cm³/mol. The Hall–Kier alpha value is -4.01. The number of ether oxygens (including phenoxy) is 2. The molecule has 0 saturated carbocycles. The molecule has 8 nitrogen and oxygen atoms in total. The Bertz CT molecular complexity index is 1510. The van der Waals surface area contributed by atoms with Gasteiger partial charge in [-0.1, -0.05) is 41.9 Å². The first-order chi connectivity index (χ1) is 18.3.